The van der Waals surface area contributed by atoms with Crippen molar-refractivity contribution in [2.75, 3.05) is 18.5 Å². The number of aromatic nitrogens is 4. The van der Waals surface area contributed by atoms with Gasteiger partial charge in [0.25, 0.3) is 0 Å². The van der Waals surface area contributed by atoms with Crippen molar-refractivity contribution in [2.45, 2.75) is 26.4 Å². The van der Waals surface area contributed by atoms with E-state index in [2.05, 4.69) is 38.3 Å². The number of hydrogen-bond donors (Lipinski definition) is 2. The molecule has 8 nitrogen and oxygen atoms in total. The molecule has 0 fully saturated rings. The maximum atomic E-state index is 12.5. The topological polar surface area (TPSA) is 94.0 Å². The van der Waals surface area contributed by atoms with E-state index in [-0.39, 0.29) is 12.1 Å². The molecule has 144 valence electrons. The average molecular weight is 378 g/mol. The Morgan fingerprint density at radius 1 is 1.29 bits per heavy atom. The predicted molar refractivity (Wildman–Crippen MR) is 104 cm³/mol. The number of hydrogen-bond acceptors (Lipinski definition) is 5. The summed E-state index contributed by atoms with van der Waals surface area (Å²) >= 11 is 0. The molecular formula is C20H22N6O2. The standard InChI is InChI=1S/C20H22N6O2/c1-13-9-16(26-12-22-24-25-26)10-18(14(13)2)23-20(27)21-11-19-17-6-4-3-5-15(17)7-8-28-19/h3-6,9-10,12,19H,7-8,11H2,1-2H3,(H2,21,23,27). The van der Waals surface area contributed by atoms with Gasteiger partial charge >= 0.3 is 6.03 Å². The molecule has 1 atom stereocenters. The monoisotopic (exact) mass is 378 g/mol. The summed E-state index contributed by atoms with van der Waals surface area (Å²) in [5.74, 6) is 0. The third-order valence-corrected chi connectivity index (χ3v) is 5.05. The second-order valence-corrected chi connectivity index (χ2v) is 6.83. The van der Waals surface area contributed by atoms with Gasteiger partial charge in [0, 0.05) is 12.2 Å². The van der Waals surface area contributed by atoms with Gasteiger partial charge in [-0.3, -0.25) is 0 Å². The molecule has 1 aliphatic rings. The molecule has 0 spiro atoms. The fourth-order valence-corrected chi connectivity index (χ4v) is 3.38. The third-order valence-electron chi connectivity index (χ3n) is 5.05. The Labute approximate surface area is 162 Å². The van der Waals surface area contributed by atoms with Crippen molar-refractivity contribution < 1.29 is 9.53 Å². The SMILES string of the molecule is Cc1cc(-n2cnnn2)cc(NC(=O)NCC2OCCc3ccccc32)c1C. The first-order chi connectivity index (χ1) is 13.6. The maximum Gasteiger partial charge on any atom is 0.319 e. The van der Waals surface area contributed by atoms with Gasteiger partial charge in [-0.2, -0.15) is 0 Å². The van der Waals surface area contributed by atoms with E-state index >= 15 is 0 Å². The van der Waals surface area contributed by atoms with Crippen molar-refractivity contribution in [1.82, 2.24) is 25.5 Å². The first-order valence-corrected chi connectivity index (χ1v) is 9.20. The van der Waals surface area contributed by atoms with Crippen LogP contribution in [0.5, 0.6) is 0 Å². The number of urea groups is 1. The zero-order valence-electron chi connectivity index (χ0n) is 15.8. The van der Waals surface area contributed by atoms with E-state index in [9.17, 15) is 4.79 Å². The number of amides is 2. The van der Waals surface area contributed by atoms with E-state index < -0.39 is 0 Å². The molecule has 1 aliphatic heterocycles. The van der Waals surface area contributed by atoms with E-state index in [1.165, 1.54) is 11.9 Å². The Hall–Kier alpha value is -3.26. The molecule has 2 amide bonds. The van der Waals surface area contributed by atoms with Gasteiger partial charge in [-0.1, -0.05) is 24.3 Å². The second kappa shape index (κ2) is 7.77. The third kappa shape index (κ3) is 3.72. The second-order valence-electron chi connectivity index (χ2n) is 6.83. The highest BCUT2D eigenvalue weighted by Gasteiger charge is 2.21. The van der Waals surface area contributed by atoms with Crippen LogP contribution in [-0.2, 0) is 11.2 Å². The van der Waals surface area contributed by atoms with Crippen LogP contribution < -0.4 is 10.6 Å². The predicted octanol–water partition coefficient (Wildman–Crippen LogP) is 2.71. The lowest BCUT2D eigenvalue weighted by Gasteiger charge is -2.26. The lowest BCUT2D eigenvalue weighted by Crippen LogP contribution is -2.35. The number of rotatable bonds is 4. The molecule has 1 unspecified atom stereocenters. The number of tetrazole rings is 1. The number of ether oxygens (including phenoxy) is 1. The van der Waals surface area contributed by atoms with E-state index in [4.69, 9.17) is 4.74 Å². The van der Waals surface area contributed by atoms with Gasteiger partial charge in [0.15, 0.2) is 0 Å². The highest BCUT2D eigenvalue weighted by Crippen LogP contribution is 2.26. The van der Waals surface area contributed by atoms with E-state index in [1.54, 1.807) is 4.68 Å². The molecule has 0 saturated carbocycles. The summed E-state index contributed by atoms with van der Waals surface area (Å²) in [6, 6.07) is 11.7. The Morgan fingerprint density at radius 2 is 2.14 bits per heavy atom. The number of carbonyl (C=O) groups excluding carboxylic acids is 1. The average Bonchev–Trinajstić information content (AvgIpc) is 3.24. The highest BCUT2D eigenvalue weighted by atomic mass is 16.5. The van der Waals surface area contributed by atoms with Crippen LogP contribution in [0.2, 0.25) is 0 Å². The number of carbonyl (C=O) groups is 1. The molecule has 2 N–H and O–H groups in total. The van der Waals surface area contributed by atoms with E-state index in [0.29, 0.717) is 18.8 Å². The van der Waals surface area contributed by atoms with Gasteiger partial charge in [-0.05, 0) is 65.1 Å². The molecule has 0 radical (unpaired) electrons. The van der Waals surface area contributed by atoms with E-state index in [0.717, 1.165) is 28.8 Å². The molecule has 3 aromatic rings. The van der Waals surface area contributed by atoms with Crippen LogP contribution >= 0.6 is 0 Å². The molecule has 8 heteroatoms. The number of nitrogens with zero attached hydrogens (tertiary/aromatic N) is 4. The van der Waals surface area contributed by atoms with Crippen molar-refractivity contribution in [3.05, 3.63) is 65.0 Å². The Balaban J connectivity index is 1.45. The molecule has 0 aliphatic carbocycles. The van der Waals surface area contributed by atoms with Gasteiger partial charge in [0.05, 0.1) is 12.3 Å². The fourth-order valence-electron chi connectivity index (χ4n) is 3.38. The van der Waals surface area contributed by atoms with Gasteiger partial charge in [-0.15, -0.1) is 5.10 Å². The summed E-state index contributed by atoms with van der Waals surface area (Å²) < 4.78 is 7.41. The van der Waals surface area contributed by atoms with Crippen molar-refractivity contribution in [3.8, 4) is 5.69 Å². The first-order valence-electron chi connectivity index (χ1n) is 9.20. The Morgan fingerprint density at radius 3 is 2.96 bits per heavy atom. The number of anilines is 1. The molecule has 1 aromatic heterocycles. The van der Waals surface area contributed by atoms with Gasteiger partial charge in [0.2, 0.25) is 0 Å². The zero-order chi connectivity index (χ0) is 19.5. The first kappa shape index (κ1) is 18.1. The minimum Gasteiger partial charge on any atom is -0.371 e. The van der Waals surface area contributed by atoms with Crippen molar-refractivity contribution >= 4 is 11.7 Å². The van der Waals surface area contributed by atoms with Crippen molar-refractivity contribution in [2.24, 2.45) is 0 Å². The minimum absolute atomic E-state index is 0.133. The zero-order valence-corrected chi connectivity index (χ0v) is 15.8. The van der Waals surface area contributed by atoms with Crippen LogP contribution in [0.3, 0.4) is 0 Å². The Bertz CT molecular complexity index is 986. The maximum absolute atomic E-state index is 12.5. The summed E-state index contributed by atoms with van der Waals surface area (Å²) in [5.41, 5.74) is 5.95. The van der Waals surface area contributed by atoms with Crippen LogP contribution in [0, 0.1) is 13.8 Å². The molecule has 2 aromatic carbocycles. The molecule has 2 heterocycles. The van der Waals surface area contributed by atoms with Crippen LogP contribution in [0.25, 0.3) is 5.69 Å². The van der Waals surface area contributed by atoms with Gasteiger partial charge in [-0.25, -0.2) is 9.48 Å². The number of aryl methyl sites for hydroxylation is 1. The number of benzene rings is 2. The molecule has 4 rings (SSSR count). The number of nitrogens with one attached hydrogen (secondary N) is 2. The van der Waals surface area contributed by atoms with E-state index in [1.807, 2.05) is 38.1 Å². The van der Waals surface area contributed by atoms with Crippen LogP contribution in [0.1, 0.15) is 28.4 Å². The summed E-state index contributed by atoms with van der Waals surface area (Å²) in [4.78, 5) is 12.5. The highest BCUT2D eigenvalue weighted by molar-refractivity contribution is 5.90. The molecule has 28 heavy (non-hydrogen) atoms. The molecule has 0 saturated heterocycles. The fraction of sp³-hybridized carbons (Fsp3) is 0.300. The molecular weight excluding hydrogens is 356 g/mol. The largest absolute Gasteiger partial charge is 0.371 e. The van der Waals surface area contributed by atoms with Gasteiger partial charge in [0.1, 0.15) is 12.4 Å². The lowest BCUT2D eigenvalue weighted by atomic mass is 9.98. The summed E-state index contributed by atoms with van der Waals surface area (Å²) in [7, 11) is 0. The summed E-state index contributed by atoms with van der Waals surface area (Å²) in [6.07, 6.45) is 2.29. The summed E-state index contributed by atoms with van der Waals surface area (Å²) in [5, 5.41) is 17.1. The quantitative estimate of drug-likeness (QED) is 0.728. The number of fused-ring (bicyclic) bond motifs is 1. The van der Waals surface area contributed by atoms with Crippen LogP contribution in [0.15, 0.2) is 42.7 Å². The minimum atomic E-state index is -0.275. The van der Waals surface area contributed by atoms with Crippen LogP contribution in [-0.4, -0.2) is 39.4 Å². The smallest absolute Gasteiger partial charge is 0.319 e. The van der Waals surface area contributed by atoms with Crippen molar-refractivity contribution in [3.63, 3.8) is 0 Å². The molecule has 0 bridgehead atoms. The Kier molecular flexibility index (Phi) is 5.03. The lowest BCUT2D eigenvalue weighted by molar-refractivity contribution is 0.0444. The van der Waals surface area contributed by atoms with Crippen LogP contribution in [0.4, 0.5) is 10.5 Å². The normalized spacial score (nSPS) is 15.7. The van der Waals surface area contributed by atoms with Gasteiger partial charge < -0.3 is 15.4 Å². The van der Waals surface area contributed by atoms with Crippen molar-refractivity contribution in [1.29, 1.82) is 0 Å². The summed E-state index contributed by atoms with van der Waals surface area (Å²) in [6.45, 7) is 5.03.